The van der Waals surface area contributed by atoms with Crippen molar-refractivity contribution < 1.29 is 17.6 Å². The van der Waals surface area contributed by atoms with E-state index in [1.165, 1.54) is 0 Å². The summed E-state index contributed by atoms with van der Waals surface area (Å²) in [5, 5.41) is -0.967. The van der Waals surface area contributed by atoms with Crippen molar-refractivity contribution >= 4 is 72.1 Å². The zero-order valence-electron chi connectivity index (χ0n) is 7.55. The number of halogens is 2. The van der Waals surface area contributed by atoms with E-state index >= 15 is 0 Å². The van der Waals surface area contributed by atoms with Crippen LogP contribution in [0.1, 0.15) is 2.85 Å². The summed E-state index contributed by atoms with van der Waals surface area (Å²) >= 11 is 10.1. The van der Waals surface area contributed by atoms with Crippen LogP contribution in [-0.4, -0.2) is 54.0 Å². The van der Waals surface area contributed by atoms with E-state index in [0.29, 0.717) is 0 Å². The predicted octanol–water partition coefficient (Wildman–Crippen LogP) is 1.89. The Morgan fingerprint density at radius 2 is 1.55 bits per heavy atom. The van der Waals surface area contributed by atoms with Crippen molar-refractivity contribution in [1.82, 2.24) is 0 Å². The van der Waals surface area contributed by atoms with Gasteiger partial charge in [0.15, 0.2) is 0 Å². The van der Waals surface area contributed by atoms with Gasteiger partial charge < -0.3 is 2.85 Å². The molecular formula is C4H6BaCl2NO3+. The molecule has 0 aliphatic rings. The van der Waals surface area contributed by atoms with Gasteiger partial charge in [0.1, 0.15) is 4.91 Å². The molecule has 0 saturated heterocycles. The zero-order chi connectivity index (χ0) is 8.15. The second kappa shape index (κ2) is 7.48. The molecule has 0 N–H and O–H groups in total. The first-order valence-electron chi connectivity index (χ1n) is 2.04. The van der Waals surface area contributed by atoms with Gasteiger partial charge in [-0.05, 0) is 36.4 Å². The van der Waals surface area contributed by atoms with Gasteiger partial charge in [-0.1, -0.05) is 0 Å². The average molecular weight is 324 g/mol. The minimum absolute atomic E-state index is 0. The van der Waals surface area contributed by atoms with Crippen LogP contribution in [0, 0.1) is 4.91 Å². The van der Waals surface area contributed by atoms with Crippen LogP contribution in [0.3, 0.4) is 0 Å². The molecule has 0 bridgehead atoms. The van der Waals surface area contributed by atoms with Crippen LogP contribution < -0.4 is 0 Å². The fraction of sp³-hybridized carbons (Fsp3) is 0. The average Bonchev–Trinajstić information content (AvgIpc) is 1.58. The predicted molar refractivity (Wildman–Crippen MR) is 43.8 cm³/mol. The summed E-state index contributed by atoms with van der Waals surface area (Å²) in [5.41, 5.74) is 0. The van der Waals surface area contributed by atoms with Crippen LogP contribution in [0.5, 0.6) is 0 Å². The molecule has 0 saturated carbocycles. The second-order valence-corrected chi connectivity index (χ2v) is 1.96. The largest absolute Gasteiger partial charge is 2.00 e. The van der Waals surface area contributed by atoms with Gasteiger partial charge in [-0.2, -0.15) is 0 Å². The summed E-state index contributed by atoms with van der Waals surface area (Å²) in [6.45, 7) is 6.10. The Labute approximate surface area is 117 Å². The van der Waals surface area contributed by atoms with Crippen LogP contribution >= 0.6 is 23.2 Å². The Morgan fingerprint density at radius 3 is 1.73 bits per heavy atom. The van der Waals surface area contributed by atoms with Gasteiger partial charge in [0.25, 0.3) is 10.4 Å². The molecule has 0 amide bonds. The molecule has 0 atom stereocenters. The summed E-state index contributed by atoms with van der Waals surface area (Å²) in [6, 6.07) is 0. The second-order valence-electron chi connectivity index (χ2n) is 1.12. The molecule has 11 heavy (non-hydrogen) atoms. The van der Waals surface area contributed by atoms with Gasteiger partial charge in [-0.25, -0.2) is 0 Å². The third kappa shape index (κ3) is 10.8. The molecular weight excluding hydrogens is 318 g/mol. The van der Waals surface area contributed by atoms with E-state index in [1.54, 1.807) is 0 Å². The minimum Gasteiger partial charge on any atom is -1.00 e. The molecule has 0 heterocycles. The standard InChI is InChI=1S/C4H4Cl2NO3.Ba.2H/c1-3(5)9-7(8)10-4(2)6;;;/h1-2H2;;;/q+1;+2;2*-1. The SMILES string of the molecule is C=C(Cl)O[N+](=O)OC(=C)Cl.[Ba+2].[H-].[H-]. The van der Waals surface area contributed by atoms with Crippen molar-refractivity contribution in [3.63, 3.8) is 0 Å². The summed E-state index contributed by atoms with van der Waals surface area (Å²) in [5.74, 6) is 0. The van der Waals surface area contributed by atoms with E-state index in [2.05, 4.69) is 22.8 Å². The van der Waals surface area contributed by atoms with Gasteiger partial charge in [0.2, 0.25) is 0 Å². The van der Waals surface area contributed by atoms with Crippen LogP contribution in [0.15, 0.2) is 23.6 Å². The van der Waals surface area contributed by atoms with E-state index < -0.39 is 0 Å². The van der Waals surface area contributed by atoms with Crippen molar-refractivity contribution in [3.05, 3.63) is 28.5 Å². The number of hydrogen-bond donors (Lipinski definition) is 0. The summed E-state index contributed by atoms with van der Waals surface area (Å²) < 4.78 is 0. The zero-order valence-corrected chi connectivity index (χ0v) is 11.5. The van der Waals surface area contributed by atoms with E-state index in [-0.39, 0.29) is 67.3 Å². The summed E-state index contributed by atoms with van der Waals surface area (Å²) in [4.78, 5) is 18.3. The fourth-order valence-electron chi connectivity index (χ4n) is 0.180. The van der Waals surface area contributed by atoms with E-state index in [4.69, 9.17) is 23.2 Å². The molecule has 0 unspecified atom stereocenters. The van der Waals surface area contributed by atoms with E-state index in [0.717, 1.165) is 0 Å². The molecule has 0 aromatic heterocycles. The van der Waals surface area contributed by atoms with Gasteiger partial charge in [-0.3, -0.25) is 0 Å². The summed E-state index contributed by atoms with van der Waals surface area (Å²) in [6.07, 6.45) is 0. The molecule has 0 aliphatic carbocycles. The quantitative estimate of drug-likeness (QED) is 0.450. The van der Waals surface area contributed by atoms with Crippen molar-refractivity contribution in [3.8, 4) is 0 Å². The van der Waals surface area contributed by atoms with Crippen LogP contribution in [0.2, 0.25) is 0 Å². The minimum atomic E-state index is -0.326. The monoisotopic (exact) mass is 324 g/mol. The molecule has 4 nitrogen and oxygen atoms in total. The molecule has 60 valence electrons. The van der Waals surface area contributed by atoms with Crippen molar-refractivity contribution in [2.75, 3.05) is 0 Å². The normalized spacial score (nSPS) is 7.45. The van der Waals surface area contributed by atoms with Gasteiger partial charge in [0, 0.05) is 0 Å². The fourth-order valence-corrected chi connectivity index (χ4v) is 0.293. The molecule has 0 aromatic rings. The van der Waals surface area contributed by atoms with Crippen LogP contribution in [0.4, 0.5) is 0 Å². The van der Waals surface area contributed by atoms with E-state index in [1.807, 2.05) is 0 Å². The number of rotatable bonds is 4. The maximum Gasteiger partial charge on any atom is 2.00 e. The van der Waals surface area contributed by atoms with Crippen molar-refractivity contribution in [2.45, 2.75) is 0 Å². The Hall–Kier alpha value is 0.831. The van der Waals surface area contributed by atoms with Gasteiger partial charge in [-0.15, -0.1) is 9.68 Å². The Bertz CT molecular complexity index is 174. The Kier molecular flexibility index (Phi) is 9.76. The molecule has 0 aromatic carbocycles. The smallest absolute Gasteiger partial charge is 1.00 e. The molecule has 0 radical (unpaired) electrons. The molecule has 7 heteroatoms. The van der Waals surface area contributed by atoms with Crippen molar-refractivity contribution in [1.29, 1.82) is 0 Å². The number of nitrogens with zero attached hydrogens (tertiary/aromatic N) is 1. The molecule has 0 rings (SSSR count). The first kappa shape index (κ1) is 14.4. The Morgan fingerprint density at radius 1 is 1.27 bits per heavy atom. The summed E-state index contributed by atoms with van der Waals surface area (Å²) in [7, 11) is 0. The first-order chi connectivity index (χ1) is 4.52. The van der Waals surface area contributed by atoms with Crippen molar-refractivity contribution in [2.24, 2.45) is 0 Å². The topological polar surface area (TPSA) is 38.5 Å². The Balaban J connectivity index is -0.000000135. The van der Waals surface area contributed by atoms with Gasteiger partial charge >= 0.3 is 54.0 Å². The van der Waals surface area contributed by atoms with Crippen LogP contribution in [-0.2, 0) is 9.68 Å². The molecule has 0 fully saturated rings. The maximum atomic E-state index is 10.2. The number of hydrogen-bond acceptors (Lipinski definition) is 3. The van der Waals surface area contributed by atoms with E-state index in [9.17, 15) is 4.91 Å². The maximum absolute atomic E-state index is 10.2. The third-order valence-electron chi connectivity index (χ3n) is 0.347. The molecule has 0 aliphatic heterocycles. The van der Waals surface area contributed by atoms with Gasteiger partial charge in [0.05, 0.1) is 0 Å². The molecule has 0 spiro atoms. The first-order valence-corrected chi connectivity index (χ1v) is 2.80. The van der Waals surface area contributed by atoms with Crippen LogP contribution in [0.25, 0.3) is 0 Å². The third-order valence-corrected chi connectivity index (χ3v) is 0.485.